The SMILES string of the molecule is C[C@@H]1CN2c3c(cc(C(=N)CO)c([OH2+])c3F)CC3(C(=O)NC(=O)NC3=O)[C@H]2[C@H](C)O1. The van der Waals surface area contributed by atoms with Crippen LogP contribution >= 0.6 is 0 Å². The zero-order chi connectivity index (χ0) is 22.0. The first-order valence-electron chi connectivity index (χ1n) is 9.46. The first-order chi connectivity index (χ1) is 14.1. The Labute approximate surface area is 170 Å². The van der Waals surface area contributed by atoms with Crippen LogP contribution in [0.25, 0.3) is 0 Å². The molecule has 0 unspecified atom stereocenters. The minimum Gasteiger partial charge on any atom is -0.591 e. The van der Waals surface area contributed by atoms with E-state index in [0.717, 1.165) is 0 Å². The van der Waals surface area contributed by atoms with Crippen molar-refractivity contribution in [1.82, 2.24) is 10.6 Å². The molecule has 6 N–H and O–H groups in total. The van der Waals surface area contributed by atoms with Gasteiger partial charge in [0.1, 0.15) is 0 Å². The highest BCUT2D eigenvalue weighted by Gasteiger charge is 2.63. The third-order valence-electron chi connectivity index (χ3n) is 6.01. The van der Waals surface area contributed by atoms with E-state index in [9.17, 15) is 19.5 Å². The highest BCUT2D eigenvalue weighted by Crippen LogP contribution is 2.49. The maximum Gasteiger partial charge on any atom is 0.328 e. The molecule has 4 amide bonds. The lowest BCUT2D eigenvalue weighted by molar-refractivity contribution is -0.153. The number of nitrogens with one attached hydrogen (secondary N) is 3. The van der Waals surface area contributed by atoms with Gasteiger partial charge in [0.05, 0.1) is 41.8 Å². The molecule has 10 nitrogen and oxygen atoms in total. The first kappa shape index (κ1) is 20.2. The number of aliphatic hydroxyl groups excluding tert-OH is 1. The van der Waals surface area contributed by atoms with Crippen LogP contribution in [0.3, 0.4) is 0 Å². The molecule has 3 aliphatic heterocycles. The third-order valence-corrected chi connectivity index (χ3v) is 6.01. The standard InChI is InChI=1S/C19H21FN4O6/c1-7-5-24-13-9(3-10(11(21)6-25)14(26)12(13)20)4-19(15(24)8(2)30-7)16(27)22-18(29)23-17(19)28/h3,7-8,15,21,25-26H,4-6H2,1-2H3,(H2,22,23,27,28,29)/p+1/t7-,8+,15-/m1/s1. The maximum absolute atomic E-state index is 15.4. The Morgan fingerprint density at radius 3 is 2.60 bits per heavy atom. The quantitative estimate of drug-likeness (QED) is 0.287. The number of imide groups is 2. The number of benzene rings is 1. The van der Waals surface area contributed by atoms with Gasteiger partial charge in [0, 0.05) is 13.0 Å². The summed E-state index contributed by atoms with van der Waals surface area (Å²) in [6, 6.07) is -0.480. The summed E-state index contributed by atoms with van der Waals surface area (Å²) in [6.07, 6.45) is -1.26. The van der Waals surface area contributed by atoms with Gasteiger partial charge in [-0.05, 0) is 25.5 Å². The molecule has 1 spiro atoms. The predicted molar refractivity (Wildman–Crippen MR) is 102 cm³/mol. The zero-order valence-electron chi connectivity index (χ0n) is 16.3. The molecule has 3 atom stereocenters. The van der Waals surface area contributed by atoms with E-state index in [0.29, 0.717) is 0 Å². The summed E-state index contributed by atoms with van der Waals surface area (Å²) in [6.45, 7) is 2.91. The Hall–Kier alpha value is -3.05. The summed E-state index contributed by atoms with van der Waals surface area (Å²) in [5, 5.41) is 29.5. The largest absolute Gasteiger partial charge is 0.591 e. The van der Waals surface area contributed by atoms with Crippen LogP contribution in [0, 0.1) is 16.6 Å². The van der Waals surface area contributed by atoms with Crippen molar-refractivity contribution in [1.29, 1.82) is 5.41 Å². The number of hydrogen-bond donors (Lipinski definition) is 4. The van der Waals surface area contributed by atoms with E-state index in [1.807, 2.05) is 0 Å². The number of hydrogen-bond acceptors (Lipinski definition) is 7. The van der Waals surface area contributed by atoms with E-state index in [2.05, 4.69) is 10.6 Å². The summed E-state index contributed by atoms with van der Waals surface area (Å²) in [7, 11) is 0. The van der Waals surface area contributed by atoms with Crippen molar-refractivity contribution in [3.63, 3.8) is 0 Å². The summed E-state index contributed by atoms with van der Waals surface area (Å²) in [4.78, 5) is 39.3. The summed E-state index contributed by atoms with van der Waals surface area (Å²) in [5.74, 6) is -3.05. The lowest BCUT2D eigenvalue weighted by Crippen LogP contribution is -2.75. The van der Waals surface area contributed by atoms with Crippen LogP contribution in [0.1, 0.15) is 25.0 Å². The minimum atomic E-state index is -1.77. The van der Waals surface area contributed by atoms with E-state index >= 15 is 4.39 Å². The van der Waals surface area contributed by atoms with E-state index in [-0.39, 0.29) is 41.6 Å². The van der Waals surface area contributed by atoms with Crippen LogP contribution in [0.5, 0.6) is 5.75 Å². The molecule has 1 aromatic rings. The van der Waals surface area contributed by atoms with Gasteiger partial charge < -0.3 is 25.3 Å². The van der Waals surface area contributed by atoms with Gasteiger partial charge >= 0.3 is 11.8 Å². The van der Waals surface area contributed by atoms with Crippen molar-refractivity contribution in [2.24, 2.45) is 5.41 Å². The number of amides is 4. The first-order valence-corrected chi connectivity index (χ1v) is 9.46. The zero-order valence-corrected chi connectivity index (χ0v) is 16.3. The molecule has 3 aliphatic rings. The summed E-state index contributed by atoms with van der Waals surface area (Å²) in [5.41, 5.74) is -1.92. The van der Waals surface area contributed by atoms with Crippen LogP contribution in [0.4, 0.5) is 14.9 Å². The maximum atomic E-state index is 15.4. The Balaban J connectivity index is 1.98. The Morgan fingerprint density at radius 1 is 1.37 bits per heavy atom. The van der Waals surface area contributed by atoms with E-state index in [4.69, 9.17) is 15.3 Å². The molecule has 3 heterocycles. The van der Waals surface area contributed by atoms with Gasteiger partial charge in [-0.15, -0.1) is 0 Å². The van der Waals surface area contributed by atoms with Crippen molar-refractivity contribution >= 4 is 29.2 Å². The second kappa shape index (κ2) is 6.74. The number of anilines is 1. The lowest BCUT2D eigenvalue weighted by atomic mass is 9.66. The van der Waals surface area contributed by atoms with Gasteiger partial charge in [0.15, 0.2) is 5.41 Å². The van der Waals surface area contributed by atoms with Gasteiger partial charge in [-0.25, -0.2) is 4.79 Å². The fraction of sp³-hybridized carbons (Fsp3) is 0.474. The molecule has 4 rings (SSSR count). The van der Waals surface area contributed by atoms with Crippen LogP contribution < -0.4 is 15.5 Å². The number of fused-ring (bicyclic) bond motifs is 4. The molecule has 0 aromatic heterocycles. The molecule has 0 aliphatic carbocycles. The normalized spacial score (nSPS) is 27.3. The second-order valence-corrected chi connectivity index (χ2v) is 7.89. The Bertz CT molecular complexity index is 976. The van der Waals surface area contributed by atoms with E-state index in [1.165, 1.54) is 6.07 Å². The fourth-order valence-electron chi connectivity index (χ4n) is 4.88. The molecule has 2 fully saturated rings. The number of barbiturate groups is 1. The van der Waals surface area contributed by atoms with Crippen LogP contribution in [-0.2, 0) is 20.7 Å². The molecular weight excluding hydrogens is 399 g/mol. The van der Waals surface area contributed by atoms with Gasteiger partial charge in [-0.1, -0.05) is 0 Å². The van der Waals surface area contributed by atoms with E-state index in [1.54, 1.807) is 18.7 Å². The molecule has 2 saturated heterocycles. The highest BCUT2D eigenvalue weighted by molar-refractivity contribution is 6.20. The monoisotopic (exact) mass is 421 g/mol. The topological polar surface area (TPSA) is 155 Å². The second-order valence-electron chi connectivity index (χ2n) is 7.89. The van der Waals surface area contributed by atoms with E-state index < -0.39 is 53.6 Å². The third kappa shape index (κ3) is 2.62. The number of nitrogens with zero attached hydrogens (tertiary/aromatic N) is 1. The van der Waals surface area contributed by atoms with Gasteiger partial charge in [-0.2, -0.15) is 4.39 Å². The van der Waals surface area contributed by atoms with Gasteiger partial charge in [0.25, 0.3) is 0 Å². The van der Waals surface area contributed by atoms with Crippen molar-refractivity contribution < 1.29 is 33.7 Å². The molecule has 11 heteroatoms. The highest BCUT2D eigenvalue weighted by atomic mass is 19.1. The molecular formula is C19H22FN4O6+. The van der Waals surface area contributed by atoms with Crippen molar-refractivity contribution in [3.05, 3.63) is 23.0 Å². The number of carbonyl (C=O) groups excluding carboxylic acids is 3. The van der Waals surface area contributed by atoms with Crippen molar-refractivity contribution in [2.75, 3.05) is 18.1 Å². The number of urea groups is 1. The smallest absolute Gasteiger partial charge is 0.328 e. The summed E-state index contributed by atoms with van der Waals surface area (Å²) < 4.78 is 21.2. The lowest BCUT2D eigenvalue weighted by Gasteiger charge is -2.55. The number of morpholine rings is 1. The number of halogens is 1. The number of rotatable bonds is 2. The number of carbonyl (C=O) groups is 3. The predicted octanol–water partition coefficient (Wildman–Crippen LogP) is -0.486. The summed E-state index contributed by atoms with van der Waals surface area (Å²) >= 11 is 0. The molecule has 0 saturated carbocycles. The van der Waals surface area contributed by atoms with Crippen molar-refractivity contribution in [2.45, 2.75) is 38.5 Å². The van der Waals surface area contributed by atoms with Crippen LogP contribution in [0.15, 0.2) is 6.07 Å². The average molecular weight is 421 g/mol. The molecule has 160 valence electrons. The molecule has 0 radical (unpaired) electrons. The molecule has 1 aromatic carbocycles. The number of ether oxygens (including phenoxy) is 1. The van der Waals surface area contributed by atoms with Gasteiger partial charge in [-0.3, -0.25) is 20.2 Å². The van der Waals surface area contributed by atoms with Gasteiger partial charge in [0.2, 0.25) is 17.6 Å². The van der Waals surface area contributed by atoms with Crippen molar-refractivity contribution in [3.8, 4) is 5.75 Å². The van der Waals surface area contributed by atoms with Crippen LogP contribution in [0.2, 0.25) is 0 Å². The Morgan fingerprint density at radius 2 is 2.00 bits per heavy atom. The molecule has 30 heavy (non-hydrogen) atoms. The fourth-order valence-corrected chi connectivity index (χ4v) is 4.88. The molecule has 0 bridgehead atoms. The van der Waals surface area contributed by atoms with Crippen LogP contribution in [-0.4, -0.2) is 65.2 Å². The minimum absolute atomic E-state index is 0.0737. The number of aliphatic hydroxyl groups is 1. The Kier molecular flexibility index (Phi) is 4.55. The average Bonchev–Trinajstić information content (AvgIpc) is 2.67.